The van der Waals surface area contributed by atoms with Crippen molar-refractivity contribution in [3.63, 3.8) is 0 Å². The van der Waals surface area contributed by atoms with Gasteiger partial charge in [-0.15, -0.1) is 0 Å². The van der Waals surface area contributed by atoms with Crippen LogP contribution >= 0.6 is 0 Å². The van der Waals surface area contributed by atoms with Gasteiger partial charge in [-0.25, -0.2) is 4.98 Å². The van der Waals surface area contributed by atoms with Crippen LogP contribution in [0, 0.1) is 6.92 Å². The Morgan fingerprint density at radius 3 is 2.60 bits per heavy atom. The summed E-state index contributed by atoms with van der Waals surface area (Å²) in [6.07, 6.45) is -3.68. The van der Waals surface area contributed by atoms with Crippen LogP contribution in [0.5, 0.6) is 5.75 Å². The van der Waals surface area contributed by atoms with E-state index in [9.17, 15) is 13.2 Å². The summed E-state index contributed by atoms with van der Waals surface area (Å²) in [6, 6.07) is 3.71. The number of aromatic nitrogens is 1. The number of halogens is 3. The molecule has 2 rings (SSSR count). The van der Waals surface area contributed by atoms with Crippen molar-refractivity contribution in [2.45, 2.75) is 26.4 Å². The molecule has 0 saturated carbocycles. The number of anilines is 1. The molecule has 0 aliphatic carbocycles. The van der Waals surface area contributed by atoms with Crippen LogP contribution in [0.4, 0.5) is 19.0 Å². The molecule has 0 amide bonds. The third-order valence-electron chi connectivity index (χ3n) is 2.94. The van der Waals surface area contributed by atoms with Crippen LogP contribution in [0.3, 0.4) is 0 Å². The van der Waals surface area contributed by atoms with E-state index >= 15 is 0 Å². The SMILES string of the molecule is CCCOc1ccc(C(F)(F)F)c2cc(C)c(N)nc12. The Morgan fingerprint density at radius 1 is 1.30 bits per heavy atom. The zero-order valence-corrected chi connectivity index (χ0v) is 11.2. The Bertz CT molecular complexity index is 638. The summed E-state index contributed by atoms with van der Waals surface area (Å²) < 4.78 is 44.5. The Morgan fingerprint density at radius 2 is 2.00 bits per heavy atom. The predicted octanol–water partition coefficient (Wildman–Crippen LogP) is 3.93. The molecule has 0 saturated heterocycles. The number of alkyl halides is 3. The minimum absolute atomic E-state index is 0.0119. The number of rotatable bonds is 3. The monoisotopic (exact) mass is 284 g/mol. The minimum Gasteiger partial charge on any atom is -0.491 e. The number of nitrogens with zero attached hydrogens (tertiary/aromatic N) is 1. The lowest BCUT2D eigenvalue weighted by Crippen LogP contribution is -2.08. The molecule has 1 aromatic carbocycles. The number of fused-ring (bicyclic) bond motifs is 1. The summed E-state index contributed by atoms with van der Waals surface area (Å²) in [7, 11) is 0. The van der Waals surface area contributed by atoms with Crippen molar-refractivity contribution in [3.05, 3.63) is 29.3 Å². The fourth-order valence-electron chi connectivity index (χ4n) is 1.92. The van der Waals surface area contributed by atoms with Gasteiger partial charge in [0.15, 0.2) is 0 Å². The van der Waals surface area contributed by atoms with Crippen molar-refractivity contribution in [1.82, 2.24) is 4.98 Å². The van der Waals surface area contributed by atoms with Gasteiger partial charge in [0.2, 0.25) is 0 Å². The Hall–Kier alpha value is -1.98. The van der Waals surface area contributed by atoms with E-state index in [0.717, 1.165) is 12.5 Å². The molecule has 0 unspecified atom stereocenters. The van der Waals surface area contributed by atoms with E-state index in [0.29, 0.717) is 17.9 Å². The molecule has 0 aliphatic rings. The molecule has 0 radical (unpaired) electrons. The fourth-order valence-corrected chi connectivity index (χ4v) is 1.92. The third kappa shape index (κ3) is 2.64. The third-order valence-corrected chi connectivity index (χ3v) is 2.94. The van der Waals surface area contributed by atoms with Crippen LogP contribution in [-0.4, -0.2) is 11.6 Å². The number of benzene rings is 1. The zero-order valence-electron chi connectivity index (χ0n) is 11.2. The van der Waals surface area contributed by atoms with E-state index in [1.807, 2.05) is 6.92 Å². The first-order valence-electron chi connectivity index (χ1n) is 6.24. The number of nitrogens with two attached hydrogens (primary N) is 1. The maximum atomic E-state index is 13.0. The molecule has 2 N–H and O–H groups in total. The van der Waals surface area contributed by atoms with Gasteiger partial charge >= 0.3 is 6.18 Å². The molecular weight excluding hydrogens is 269 g/mol. The van der Waals surface area contributed by atoms with Crippen LogP contribution in [0.2, 0.25) is 0 Å². The van der Waals surface area contributed by atoms with Crippen LogP contribution in [0.25, 0.3) is 10.9 Å². The Kier molecular flexibility index (Phi) is 3.74. The van der Waals surface area contributed by atoms with Gasteiger partial charge in [-0.05, 0) is 37.1 Å². The van der Waals surface area contributed by atoms with Crippen LogP contribution in [-0.2, 0) is 6.18 Å². The second-order valence-electron chi connectivity index (χ2n) is 4.54. The van der Waals surface area contributed by atoms with E-state index in [-0.39, 0.29) is 16.7 Å². The molecule has 0 bridgehead atoms. The highest BCUT2D eigenvalue weighted by molar-refractivity contribution is 5.90. The topological polar surface area (TPSA) is 48.1 Å². The summed E-state index contributed by atoms with van der Waals surface area (Å²) in [5.41, 5.74) is 5.62. The second kappa shape index (κ2) is 5.19. The molecule has 3 nitrogen and oxygen atoms in total. The number of hydrogen-bond donors (Lipinski definition) is 1. The molecule has 1 heterocycles. The lowest BCUT2D eigenvalue weighted by molar-refractivity contribution is -0.136. The van der Waals surface area contributed by atoms with Crippen molar-refractivity contribution in [2.75, 3.05) is 12.3 Å². The molecule has 6 heteroatoms. The maximum Gasteiger partial charge on any atom is 0.417 e. The van der Waals surface area contributed by atoms with Crippen LogP contribution in [0.15, 0.2) is 18.2 Å². The largest absolute Gasteiger partial charge is 0.491 e. The standard InChI is InChI=1S/C14H15F3N2O/c1-3-6-20-11-5-4-10(14(15,16)17)9-7-8(2)13(18)19-12(9)11/h4-5,7H,3,6H2,1-2H3,(H2,18,19). The average molecular weight is 284 g/mol. The van der Waals surface area contributed by atoms with Gasteiger partial charge < -0.3 is 10.5 Å². The number of nitrogen functional groups attached to an aromatic ring is 1. The molecule has 0 fully saturated rings. The van der Waals surface area contributed by atoms with Gasteiger partial charge in [0.25, 0.3) is 0 Å². The summed E-state index contributed by atoms with van der Waals surface area (Å²) in [5, 5.41) is 0.0119. The Labute approximate surface area is 114 Å². The van der Waals surface area contributed by atoms with E-state index in [1.165, 1.54) is 12.1 Å². The van der Waals surface area contributed by atoms with Crippen molar-refractivity contribution in [2.24, 2.45) is 0 Å². The average Bonchev–Trinajstić information content (AvgIpc) is 2.36. The highest BCUT2D eigenvalue weighted by Gasteiger charge is 2.33. The molecule has 1 aromatic heterocycles. The Balaban J connectivity index is 2.72. The molecule has 0 aliphatic heterocycles. The molecule has 0 atom stereocenters. The summed E-state index contributed by atoms with van der Waals surface area (Å²) in [4.78, 5) is 4.05. The fraction of sp³-hybridized carbons (Fsp3) is 0.357. The predicted molar refractivity (Wildman–Crippen MR) is 71.7 cm³/mol. The normalized spacial score (nSPS) is 11.8. The first-order chi connectivity index (χ1) is 9.34. The number of ether oxygens (including phenoxy) is 1. The number of pyridine rings is 1. The highest BCUT2D eigenvalue weighted by Crippen LogP contribution is 2.38. The van der Waals surface area contributed by atoms with Crippen molar-refractivity contribution in [1.29, 1.82) is 0 Å². The second-order valence-corrected chi connectivity index (χ2v) is 4.54. The van der Waals surface area contributed by atoms with Crippen molar-refractivity contribution >= 4 is 16.7 Å². The lowest BCUT2D eigenvalue weighted by Gasteiger charge is -2.14. The van der Waals surface area contributed by atoms with Gasteiger partial charge in [-0.1, -0.05) is 6.92 Å². The van der Waals surface area contributed by atoms with Crippen molar-refractivity contribution in [3.8, 4) is 5.75 Å². The summed E-state index contributed by atoms with van der Waals surface area (Å²) >= 11 is 0. The van der Waals surface area contributed by atoms with Crippen LogP contribution < -0.4 is 10.5 Å². The molecular formula is C14H15F3N2O. The highest BCUT2D eigenvalue weighted by atomic mass is 19.4. The van der Waals surface area contributed by atoms with Gasteiger partial charge in [-0.2, -0.15) is 13.2 Å². The van der Waals surface area contributed by atoms with E-state index < -0.39 is 11.7 Å². The molecule has 20 heavy (non-hydrogen) atoms. The lowest BCUT2D eigenvalue weighted by atomic mass is 10.1. The summed E-state index contributed by atoms with van der Waals surface area (Å²) in [5.74, 6) is 0.528. The number of aryl methyl sites for hydroxylation is 1. The summed E-state index contributed by atoms with van der Waals surface area (Å²) in [6.45, 7) is 3.95. The number of hydrogen-bond acceptors (Lipinski definition) is 3. The van der Waals surface area contributed by atoms with E-state index in [1.54, 1.807) is 6.92 Å². The first kappa shape index (κ1) is 14.4. The molecule has 2 aromatic rings. The quantitative estimate of drug-likeness (QED) is 0.928. The molecule has 0 spiro atoms. The van der Waals surface area contributed by atoms with Gasteiger partial charge in [0.05, 0.1) is 12.2 Å². The van der Waals surface area contributed by atoms with Gasteiger partial charge in [0.1, 0.15) is 17.1 Å². The van der Waals surface area contributed by atoms with E-state index in [4.69, 9.17) is 10.5 Å². The molecule has 108 valence electrons. The van der Waals surface area contributed by atoms with Gasteiger partial charge in [0, 0.05) is 5.39 Å². The first-order valence-corrected chi connectivity index (χ1v) is 6.24. The zero-order chi connectivity index (χ0) is 14.9. The van der Waals surface area contributed by atoms with Crippen LogP contribution in [0.1, 0.15) is 24.5 Å². The van der Waals surface area contributed by atoms with Gasteiger partial charge in [-0.3, -0.25) is 0 Å². The van der Waals surface area contributed by atoms with Crippen molar-refractivity contribution < 1.29 is 17.9 Å². The maximum absolute atomic E-state index is 13.0. The minimum atomic E-state index is -4.44. The van der Waals surface area contributed by atoms with E-state index in [2.05, 4.69) is 4.98 Å². The smallest absolute Gasteiger partial charge is 0.417 e.